The van der Waals surface area contributed by atoms with Crippen molar-refractivity contribution in [3.63, 3.8) is 0 Å². The number of pyridine rings is 1. The van der Waals surface area contributed by atoms with E-state index in [2.05, 4.69) is 50.9 Å². The minimum Gasteiger partial charge on any atom is -0.494 e. The molecule has 2 rings (SSSR count). The van der Waals surface area contributed by atoms with Gasteiger partial charge in [-0.1, -0.05) is 45.9 Å². The number of hydrogen-bond donors (Lipinski definition) is 0. The fourth-order valence-electron chi connectivity index (χ4n) is 2.88. The van der Waals surface area contributed by atoms with Crippen molar-refractivity contribution in [2.75, 3.05) is 19.1 Å². The Bertz CT molecular complexity index is 697. The lowest BCUT2D eigenvalue weighted by atomic mass is 9.92. The van der Waals surface area contributed by atoms with Gasteiger partial charge in [0.15, 0.2) is 5.69 Å². The third-order valence-corrected chi connectivity index (χ3v) is 4.18. The van der Waals surface area contributed by atoms with E-state index >= 15 is 0 Å². The predicted octanol–water partition coefficient (Wildman–Crippen LogP) is 4.61. The van der Waals surface area contributed by atoms with Crippen LogP contribution in [0, 0.1) is 0 Å². The van der Waals surface area contributed by atoms with Crippen LogP contribution in [0.4, 0.5) is 5.69 Å². The number of benzene rings is 1. The first kappa shape index (κ1) is 18.0. The number of hydrogen-bond acceptors (Lipinski definition) is 3. The molecule has 0 radical (unpaired) electrons. The zero-order valence-electron chi connectivity index (χ0n) is 15.3. The van der Waals surface area contributed by atoms with E-state index in [1.54, 1.807) is 30.3 Å². The molecular weight excluding hydrogens is 300 g/mol. The van der Waals surface area contributed by atoms with Crippen LogP contribution in [0.5, 0.6) is 5.75 Å². The molecule has 0 aliphatic rings. The van der Waals surface area contributed by atoms with E-state index in [4.69, 9.17) is 4.74 Å². The molecule has 24 heavy (non-hydrogen) atoms. The molecule has 0 bridgehead atoms. The number of nitrogens with zero attached hydrogens (tertiary/aromatic N) is 2. The Morgan fingerprint density at radius 3 is 2.12 bits per heavy atom. The van der Waals surface area contributed by atoms with Gasteiger partial charge in [0.25, 0.3) is 5.91 Å². The van der Waals surface area contributed by atoms with Crippen molar-refractivity contribution in [3.8, 4) is 5.75 Å². The minimum atomic E-state index is -0.164. The zero-order valence-corrected chi connectivity index (χ0v) is 15.3. The summed E-state index contributed by atoms with van der Waals surface area (Å²) in [6.45, 7) is 8.57. The van der Waals surface area contributed by atoms with Crippen molar-refractivity contribution in [2.45, 2.75) is 39.5 Å². The van der Waals surface area contributed by atoms with Crippen LogP contribution in [0.25, 0.3) is 0 Å². The molecule has 4 heteroatoms. The fraction of sp³-hybridized carbons (Fsp3) is 0.400. The fourth-order valence-corrected chi connectivity index (χ4v) is 2.88. The lowest BCUT2D eigenvalue weighted by Crippen LogP contribution is -2.30. The maximum absolute atomic E-state index is 13.1. The molecule has 0 aliphatic heterocycles. The van der Waals surface area contributed by atoms with Crippen molar-refractivity contribution in [3.05, 3.63) is 53.3 Å². The first-order chi connectivity index (χ1) is 11.4. The summed E-state index contributed by atoms with van der Waals surface area (Å²) in [7, 11) is 3.36. The van der Waals surface area contributed by atoms with E-state index in [0.29, 0.717) is 23.3 Å². The largest absolute Gasteiger partial charge is 0.494 e. The van der Waals surface area contributed by atoms with E-state index in [0.717, 1.165) is 16.8 Å². The molecular formula is C20H26N2O2. The van der Waals surface area contributed by atoms with Gasteiger partial charge < -0.3 is 9.64 Å². The SMILES string of the molecule is COc1cccnc1C(=O)N(C)c1c(C(C)C)cccc1C(C)C. The number of amides is 1. The lowest BCUT2D eigenvalue weighted by molar-refractivity contribution is 0.0984. The van der Waals surface area contributed by atoms with Gasteiger partial charge in [-0.15, -0.1) is 0 Å². The van der Waals surface area contributed by atoms with Gasteiger partial charge >= 0.3 is 0 Å². The second-order valence-corrected chi connectivity index (χ2v) is 6.51. The van der Waals surface area contributed by atoms with Gasteiger partial charge in [0.05, 0.1) is 12.8 Å². The third kappa shape index (κ3) is 3.42. The van der Waals surface area contributed by atoms with Crippen molar-refractivity contribution in [1.82, 2.24) is 4.98 Å². The highest BCUT2D eigenvalue weighted by Crippen LogP contribution is 2.35. The van der Waals surface area contributed by atoms with Crippen molar-refractivity contribution in [2.24, 2.45) is 0 Å². The monoisotopic (exact) mass is 326 g/mol. The number of carbonyl (C=O) groups is 1. The third-order valence-electron chi connectivity index (χ3n) is 4.18. The Balaban J connectivity index is 2.56. The quantitative estimate of drug-likeness (QED) is 0.805. The maximum atomic E-state index is 13.1. The van der Waals surface area contributed by atoms with Crippen LogP contribution in [-0.4, -0.2) is 25.0 Å². The molecule has 4 nitrogen and oxygen atoms in total. The molecule has 1 heterocycles. The van der Waals surface area contributed by atoms with E-state index in [-0.39, 0.29) is 5.91 Å². The molecule has 1 aromatic heterocycles. The first-order valence-corrected chi connectivity index (χ1v) is 8.28. The van der Waals surface area contributed by atoms with Crippen LogP contribution in [0.15, 0.2) is 36.5 Å². The zero-order chi connectivity index (χ0) is 17.9. The van der Waals surface area contributed by atoms with Crippen LogP contribution < -0.4 is 9.64 Å². The van der Waals surface area contributed by atoms with E-state index in [1.807, 2.05) is 7.05 Å². The number of anilines is 1. The highest BCUT2D eigenvalue weighted by atomic mass is 16.5. The molecule has 1 aromatic carbocycles. The predicted molar refractivity (Wildman–Crippen MR) is 98.1 cm³/mol. The average Bonchev–Trinajstić information content (AvgIpc) is 2.59. The molecule has 0 saturated heterocycles. The minimum absolute atomic E-state index is 0.164. The Labute approximate surface area is 144 Å². The lowest BCUT2D eigenvalue weighted by Gasteiger charge is -2.27. The molecule has 0 spiro atoms. The summed E-state index contributed by atoms with van der Waals surface area (Å²) in [5.74, 6) is 0.962. The molecule has 0 atom stereocenters. The van der Waals surface area contributed by atoms with Gasteiger partial charge in [0.2, 0.25) is 0 Å². The molecule has 1 amide bonds. The van der Waals surface area contributed by atoms with Crippen LogP contribution in [0.1, 0.15) is 61.1 Å². The number of carbonyl (C=O) groups excluding carboxylic acids is 1. The molecule has 0 unspecified atom stereocenters. The molecule has 0 aliphatic carbocycles. The summed E-state index contributed by atoms with van der Waals surface area (Å²) in [5, 5.41) is 0. The van der Waals surface area contributed by atoms with Crippen LogP contribution in [0.2, 0.25) is 0 Å². The Kier molecular flexibility index (Phi) is 5.60. The van der Waals surface area contributed by atoms with Gasteiger partial charge in [-0.25, -0.2) is 4.98 Å². The molecule has 0 fully saturated rings. The van der Waals surface area contributed by atoms with E-state index < -0.39 is 0 Å². The van der Waals surface area contributed by atoms with Gasteiger partial charge in [-0.2, -0.15) is 0 Å². The highest BCUT2D eigenvalue weighted by molar-refractivity contribution is 6.07. The normalized spacial score (nSPS) is 11.0. The van der Waals surface area contributed by atoms with Crippen LogP contribution >= 0.6 is 0 Å². The summed E-state index contributed by atoms with van der Waals surface area (Å²) in [6.07, 6.45) is 1.61. The van der Waals surface area contributed by atoms with Crippen molar-refractivity contribution < 1.29 is 9.53 Å². The first-order valence-electron chi connectivity index (χ1n) is 8.28. The van der Waals surface area contributed by atoms with Crippen molar-refractivity contribution in [1.29, 1.82) is 0 Å². The van der Waals surface area contributed by atoms with Gasteiger partial charge in [-0.3, -0.25) is 4.79 Å². The van der Waals surface area contributed by atoms with Gasteiger partial charge in [0, 0.05) is 13.2 Å². The second kappa shape index (κ2) is 7.47. The van der Waals surface area contributed by atoms with E-state index in [9.17, 15) is 4.79 Å². The second-order valence-electron chi connectivity index (χ2n) is 6.51. The number of para-hydroxylation sites is 1. The van der Waals surface area contributed by atoms with Gasteiger partial charge in [-0.05, 0) is 35.1 Å². The van der Waals surface area contributed by atoms with Crippen molar-refractivity contribution >= 4 is 11.6 Å². The summed E-state index contributed by atoms with van der Waals surface area (Å²) in [6, 6.07) is 9.76. The summed E-state index contributed by atoms with van der Waals surface area (Å²) in [4.78, 5) is 19.0. The number of rotatable bonds is 5. The summed E-state index contributed by atoms with van der Waals surface area (Å²) >= 11 is 0. The number of methoxy groups -OCH3 is 1. The van der Waals surface area contributed by atoms with E-state index in [1.165, 1.54) is 0 Å². The van der Waals surface area contributed by atoms with Crippen LogP contribution in [-0.2, 0) is 0 Å². The Morgan fingerprint density at radius 2 is 1.62 bits per heavy atom. The Hall–Kier alpha value is -2.36. The smallest absolute Gasteiger partial charge is 0.280 e. The Morgan fingerprint density at radius 1 is 1.04 bits per heavy atom. The van der Waals surface area contributed by atoms with Gasteiger partial charge in [0.1, 0.15) is 5.75 Å². The van der Waals surface area contributed by atoms with Crippen LogP contribution in [0.3, 0.4) is 0 Å². The summed E-state index contributed by atoms with van der Waals surface area (Å²) in [5.41, 5.74) is 3.62. The number of aromatic nitrogens is 1. The molecule has 0 saturated carbocycles. The topological polar surface area (TPSA) is 42.4 Å². The number of ether oxygens (including phenoxy) is 1. The molecule has 128 valence electrons. The average molecular weight is 326 g/mol. The highest BCUT2D eigenvalue weighted by Gasteiger charge is 2.24. The summed E-state index contributed by atoms with van der Waals surface area (Å²) < 4.78 is 5.30. The molecule has 2 aromatic rings. The standard InChI is InChI=1S/C20H26N2O2/c1-13(2)15-9-7-10-16(14(3)4)19(15)22(5)20(23)18-17(24-6)11-8-12-21-18/h7-14H,1-6H3. The maximum Gasteiger partial charge on any atom is 0.280 e. The molecule has 0 N–H and O–H groups in total.